The second-order valence-corrected chi connectivity index (χ2v) is 8.12. The number of anilines is 3. The number of hydrogen-bond donors (Lipinski definition) is 1. The highest BCUT2D eigenvalue weighted by Gasteiger charge is 2.15. The molecule has 1 aliphatic heterocycles. The summed E-state index contributed by atoms with van der Waals surface area (Å²) in [5.74, 6) is 0.760. The van der Waals surface area contributed by atoms with Gasteiger partial charge in [-0.25, -0.2) is 14.6 Å². The summed E-state index contributed by atoms with van der Waals surface area (Å²) in [5.41, 5.74) is 5.23. The summed E-state index contributed by atoms with van der Waals surface area (Å²) in [6.07, 6.45) is 4.60. The van der Waals surface area contributed by atoms with Crippen molar-refractivity contribution in [1.29, 1.82) is 0 Å². The van der Waals surface area contributed by atoms with Crippen molar-refractivity contribution in [3.63, 3.8) is 0 Å². The molecule has 1 N–H and O–H groups in total. The first-order valence-electron chi connectivity index (χ1n) is 10.7. The van der Waals surface area contributed by atoms with Crippen LogP contribution in [0.5, 0.6) is 0 Å². The van der Waals surface area contributed by atoms with Gasteiger partial charge in [-0.2, -0.15) is 5.10 Å². The first-order valence-corrected chi connectivity index (χ1v) is 10.7. The summed E-state index contributed by atoms with van der Waals surface area (Å²) in [6.45, 7) is 6.48. The minimum Gasteiger partial charge on any atom is -0.370 e. The molecule has 31 heavy (non-hydrogen) atoms. The van der Waals surface area contributed by atoms with E-state index in [9.17, 15) is 0 Å². The van der Waals surface area contributed by atoms with Crippen LogP contribution in [0.2, 0.25) is 0 Å². The number of nitrogens with zero attached hydrogens (tertiary/aromatic N) is 6. The Kier molecular flexibility index (Phi) is 5.26. The SMILES string of the molecule is Cc1ccccc1Nc1ncnc2c1cnn2-c1ccc(N2CCCN(C)CC2)cc1. The number of fused-ring (bicyclic) bond motifs is 1. The van der Waals surface area contributed by atoms with Crippen molar-refractivity contribution in [3.8, 4) is 5.69 Å². The lowest BCUT2D eigenvalue weighted by Gasteiger charge is -2.23. The third-order valence-electron chi connectivity index (χ3n) is 5.94. The highest BCUT2D eigenvalue weighted by atomic mass is 15.3. The number of nitrogens with one attached hydrogen (secondary N) is 1. The molecule has 7 heteroatoms. The van der Waals surface area contributed by atoms with E-state index in [1.165, 1.54) is 12.1 Å². The van der Waals surface area contributed by atoms with Crippen molar-refractivity contribution in [3.05, 3.63) is 66.6 Å². The van der Waals surface area contributed by atoms with E-state index in [1.54, 1.807) is 6.33 Å². The molecular weight excluding hydrogens is 386 g/mol. The van der Waals surface area contributed by atoms with E-state index in [-0.39, 0.29) is 0 Å². The molecule has 0 bridgehead atoms. The second-order valence-electron chi connectivity index (χ2n) is 8.12. The molecule has 0 unspecified atom stereocenters. The standard InChI is InChI=1S/C24H27N7/c1-18-6-3-4-7-22(18)28-23-21-16-27-31(24(21)26-17-25-23)20-10-8-19(9-11-20)30-13-5-12-29(2)14-15-30/h3-4,6-11,16-17H,5,12-15H2,1-2H3,(H,25,26,28). The van der Waals surface area contributed by atoms with Crippen LogP contribution in [0, 0.1) is 6.92 Å². The average molecular weight is 414 g/mol. The maximum absolute atomic E-state index is 4.61. The minimum absolute atomic E-state index is 0.760. The van der Waals surface area contributed by atoms with Gasteiger partial charge in [-0.05, 0) is 62.8 Å². The molecule has 1 aliphatic rings. The van der Waals surface area contributed by atoms with Crippen molar-refractivity contribution < 1.29 is 0 Å². The van der Waals surface area contributed by atoms with E-state index in [2.05, 4.69) is 74.5 Å². The smallest absolute Gasteiger partial charge is 0.168 e. The predicted octanol–water partition coefficient (Wildman–Crippen LogP) is 4.01. The number of rotatable bonds is 4. The third-order valence-corrected chi connectivity index (χ3v) is 5.94. The van der Waals surface area contributed by atoms with Gasteiger partial charge in [0.05, 0.1) is 17.3 Å². The average Bonchev–Trinajstić information content (AvgIpc) is 3.11. The van der Waals surface area contributed by atoms with E-state index in [4.69, 9.17) is 0 Å². The van der Waals surface area contributed by atoms with Crippen LogP contribution in [0.3, 0.4) is 0 Å². The van der Waals surface area contributed by atoms with Crippen LogP contribution in [-0.2, 0) is 0 Å². The fourth-order valence-electron chi connectivity index (χ4n) is 4.08. The van der Waals surface area contributed by atoms with Gasteiger partial charge >= 0.3 is 0 Å². The normalized spacial score (nSPS) is 15.2. The van der Waals surface area contributed by atoms with Crippen LogP contribution in [0.25, 0.3) is 16.7 Å². The van der Waals surface area contributed by atoms with Gasteiger partial charge in [0.25, 0.3) is 0 Å². The van der Waals surface area contributed by atoms with E-state index < -0.39 is 0 Å². The van der Waals surface area contributed by atoms with Crippen molar-refractivity contribution in [2.75, 3.05) is 43.4 Å². The third kappa shape index (κ3) is 3.96. The number of aromatic nitrogens is 4. The molecule has 5 rings (SSSR count). The van der Waals surface area contributed by atoms with Crippen LogP contribution in [0.15, 0.2) is 61.1 Å². The molecule has 0 spiro atoms. The Morgan fingerprint density at radius 1 is 0.871 bits per heavy atom. The predicted molar refractivity (Wildman–Crippen MR) is 125 cm³/mol. The van der Waals surface area contributed by atoms with Crippen LogP contribution < -0.4 is 10.2 Å². The minimum atomic E-state index is 0.760. The fourth-order valence-corrected chi connectivity index (χ4v) is 4.08. The van der Waals surface area contributed by atoms with E-state index in [0.29, 0.717) is 0 Å². The Bertz CT molecular complexity index is 1180. The number of para-hydroxylation sites is 1. The van der Waals surface area contributed by atoms with Gasteiger partial charge < -0.3 is 15.1 Å². The first-order chi connectivity index (χ1) is 15.2. The van der Waals surface area contributed by atoms with Crippen molar-refractivity contribution in [2.45, 2.75) is 13.3 Å². The van der Waals surface area contributed by atoms with Gasteiger partial charge in [-0.1, -0.05) is 18.2 Å². The number of likely N-dealkylation sites (N-methyl/N-ethyl adjacent to an activating group) is 1. The molecule has 1 saturated heterocycles. The maximum Gasteiger partial charge on any atom is 0.168 e. The van der Waals surface area contributed by atoms with Crippen LogP contribution in [0.1, 0.15) is 12.0 Å². The summed E-state index contributed by atoms with van der Waals surface area (Å²) in [6, 6.07) is 16.8. The Balaban J connectivity index is 1.42. The molecule has 0 atom stereocenters. The Morgan fingerprint density at radius 2 is 1.68 bits per heavy atom. The van der Waals surface area contributed by atoms with Gasteiger partial charge in [0.1, 0.15) is 12.1 Å². The molecular formula is C24H27N7. The lowest BCUT2D eigenvalue weighted by Crippen LogP contribution is -2.28. The van der Waals surface area contributed by atoms with Crippen molar-refractivity contribution in [2.24, 2.45) is 0 Å². The zero-order valence-corrected chi connectivity index (χ0v) is 18.0. The molecule has 158 valence electrons. The highest BCUT2D eigenvalue weighted by molar-refractivity contribution is 5.89. The summed E-state index contributed by atoms with van der Waals surface area (Å²) >= 11 is 0. The Morgan fingerprint density at radius 3 is 2.52 bits per heavy atom. The van der Waals surface area contributed by atoms with Crippen LogP contribution in [-0.4, -0.2) is 57.9 Å². The van der Waals surface area contributed by atoms with Gasteiger partial charge in [-0.3, -0.25) is 0 Å². The zero-order valence-electron chi connectivity index (χ0n) is 18.0. The summed E-state index contributed by atoms with van der Waals surface area (Å²) in [4.78, 5) is 13.8. The van der Waals surface area contributed by atoms with Gasteiger partial charge in [0, 0.05) is 31.0 Å². The van der Waals surface area contributed by atoms with E-state index in [1.807, 2.05) is 29.1 Å². The van der Waals surface area contributed by atoms with Crippen LogP contribution in [0.4, 0.5) is 17.2 Å². The maximum atomic E-state index is 4.61. The summed E-state index contributed by atoms with van der Waals surface area (Å²) in [7, 11) is 2.19. The molecule has 0 aliphatic carbocycles. The lowest BCUT2D eigenvalue weighted by atomic mass is 10.2. The summed E-state index contributed by atoms with van der Waals surface area (Å²) in [5, 5.41) is 8.93. The Labute approximate surface area is 182 Å². The first kappa shape index (κ1) is 19.5. The molecule has 0 saturated carbocycles. The second kappa shape index (κ2) is 8.35. The molecule has 0 amide bonds. The topological polar surface area (TPSA) is 62.1 Å². The lowest BCUT2D eigenvalue weighted by molar-refractivity contribution is 0.360. The largest absolute Gasteiger partial charge is 0.370 e. The number of aryl methyl sites for hydroxylation is 1. The molecule has 7 nitrogen and oxygen atoms in total. The number of hydrogen-bond acceptors (Lipinski definition) is 6. The molecule has 2 aromatic heterocycles. The molecule has 1 fully saturated rings. The summed E-state index contributed by atoms with van der Waals surface area (Å²) < 4.78 is 1.88. The van der Waals surface area contributed by atoms with Gasteiger partial charge in [0.15, 0.2) is 5.65 Å². The molecule has 3 heterocycles. The number of benzene rings is 2. The Hall–Kier alpha value is -3.45. The van der Waals surface area contributed by atoms with E-state index >= 15 is 0 Å². The van der Waals surface area contributed by atoms with Crippen molar-refractivity contribution in [1.82, 2.24) is 24.6 Å². The molecule has 0 radical (unpaired) electrons. The highest BCUT2D eigenvalue weighted by Crippen LogP contribution is 2.27. The fraction of sp³-hybridized carbons (Fsp3) is 0.292. The zero-order chi connectivity index (χ0) is 21.2. The molecule has 2 aromatic carbocycles. The van der Waals surface area contributed by atoms with E-state index in [0.717, 1.165) is 60.0 Å². The van der Waals surface area contributed by atoms with Gasteiger partial charge in [-0.15, -0.1) is 0 Å². The van der Waals surface area contributed by atoms with Crippen molar-refractivity contribution >= 4 is 28.2 Å². The van der Waals surface area contributed by atoms with Gasteiger partial charge in [0.2, 0.25) is 0 Å². The quantitative estimate of drug-likeness (QED) is 0.545. The van der Waals surface area contributed by atoms with Crippen LogP contribution >= 0.6 is 0 Å². The molecule has 4 aromatic rings. The monoisotopic (exact) mass is 413 g/mol.